The highest BCUT2D eigenvalue weighted by molar-refractivity contribution is 7.95. The summed E-state index contributed by atoms with van der Waals surface area (Å²) in [4.78, 5) is 0. The fraction of sp³-hybridized carbons (Fsp3) is 1.00. The van der Waals surface area contributed by atoms with Crippen molar-refractivity contribution < 1.29 is 0 Å². The lowest BCUT2D eigenvalue weighted by Gasteiger charge is -2.07. The molecule has 1 nitrogen and oxygen atoms in total. The van der Waals surface area contributed by atoms with Gasteiger partial charge in [-0.25, -0.2) is 0 Å². The average molecular weight is 162 g/mol. The summed E-state index contributed by atoms with van der Waals surface area (Å²) >= 11 is 0. The van der Waals surface area contributed by atoms with Gasteiger partial charge in [-0.1, -0.05) is 13.3 Å². The van der Waals surface area contributed by atoms with Gasteiger partial charge in [0.05, 0.1) is 12.5 Å². The molecule has 0 fully saturated rings. The number of rotatable bonds is 5. The molecule has 0 heterocycles. The highest BCUT2D eigenvalue weighted by Gasteiger charge is 2.06. The molecule has 0 aromatic rings. The van der Waals surface area contributed by atoms with Crippen molar-refractivity contribution in [3.8, 4) is 0 Å². The zero-order valence-corrected chi connectivity index (χ0v) is 8.21. The molecule has 10 heavy (non-hydrogen) atoms. The van der Waals surface area contributed by atoms with Crippen LogP contribution in [0.25, 0.3) is 0 Å². The van der Waals surface area contributed by atoms with Crippen LogP contribution in [0.3, 0.4) is 0 Å². The standard InChI is InChI=1S/C8H20NS/c1-4-5-8(9)6-7-10(2)3/h8H,4-7,9H2,1-3H3/q+1/t8-/m1/s1. The third-order valence-corrected chi connectivity index (χ3v) is 2.61. The monoisotopic (exact) mass is 162 g/mol. The van der Waals surface area contributed by atoms with E-state index in [4.69, 9.17) is 5.73 Å². The topological polar surface area (TPSA) is 26.0 Å². The smallest absolute Gasteiger partial charge is 0.109 e. The molecule has 0 aromatic carbocycles. The first kappa shape index (κ1) is 10.3. The Kier molecular flexibility index (Phi) is 6.24. The third kappa shape index (κ3) is 6.43. The van der Waals surface area contributed by atoms with Crippen LogP contribution in [-0.2, 0) is 10.9 Å². The first-order chi connectivity index (χ1) is 4.66. The molecule has 0 saturated carbocycles. The zero-order valence-electron chi connectivity index (χ0n) is 7.39. The Balaban J connectivity index is 3.12. The van der Waals surface area contributed by atoms with Crippen LogP contribution in [0, 0.1) is 0 Å². The molecule has 0 aliphatic heterocycles. The maximum atomic E-state index is 5.84. The molecule has 0 aromatic heterocycles. The molecule has 0 aliphatic rings. The molecule has 62 valence electrons. The minimum Gasteiger partial charge on any atom is -0.328 e. The summed E-state index contributed by atoms with van der Waals surface area (Å²) in [5.74, 6) is 1.31. The van der Waals surface area contributed by atoms with Crippen LogP contribution in [0.5, 0.6) is 0 Å². The van der Waals surface area contributed by atoms with Crippen molar-refractivity contribution in [2.45, 2.75) is 32.2 Å². The van der Waals surface area contributed by atoms with Gasteiger partial charge >= 0.3 is 0 Å². The molecule has 0 rings (SSSR count). The van der Waals surface area contributed by atoms with Gasteiger partial charge in [0.25, 0.3) is 0 Å². The van der Waals surface area contributed by atoms with E-state index in [1.807, 2.05) is 0 Å². The fourth-order valence-corrected chi connectivity index (χ4v) is 1.68. The molecule has 2 N–H and O–H groups in total. The molecule has 1 atom stereocenters. The van der Waals surface area contributed by atoms with E-state index in [9.17, 15) is 0 Å². The summed E-state index contributed by atoms with van der Waals surface area (Å²) in [5.41, 5.74) is 5.84. The van der Waals surface area contributed by atoms with Crippen LogP contribution in [-0.4, -0.2) is 24.3 Å². The van der Waals surface area contributed by atoms with E-state index in [2.05, 4.69) is 19.4 Å². The van der Waals surface area contributed by atoms with Crippen LogP contribution in [0.1, 0.15) is 26.2 Å². The molecule has 0 radical (unpaired) electrons. The molecule has 0 amide bonds. The van der Waals surface area contributed by atoms with Crippen molar-refractivity contribution in [3.63, 3.8) is 0 Å². The van der Waals surface area contributed by atoms with Crippen LogP contribution in [0.2, 0.25) is 0 Å². The number of nitrogens with two attached hydrogens (primary N) is 1. The molecule has 0 saturated heterocycles. The highest BCUT2D eigenvalue weighted by Crippen LogP contribution is 2.00. The van der Waals surface area contributed by atoms with Gasteiger partial charge in [-0.15, -0.1) is 0 Å². The summed E-state index contributed by atoms with van der Waals surface area (Å²) in [6.45, 7) is 2.19. The van der Waals surface area contributed by atoms with E-state index < -0.39 is 0 Å². The van der Waals surface area contributed by atoms with E-state index in [1.165, 1.54) is 25.0 Å². The van der Waals surface area contributed by atoms with Gasteiger partial charge in [0.15, 0.2) is 0 Å². The van der Waals surface area contributed by atoms with E-state index in [1.54, 1.807) is 0 Å². The Morgan fingerprint density at radius 2 is 1.90 bits per heavy atom. The van der Waals surface area contributed by atoms with Gasteiger partial charge in [0, 0.05) is 12.5 Å². The van der Waals surface area contributed by atoms with Gasteiger partial charge in [-0.2, -0.15) is 0 Å². The van der Waals surface area contributed by atoms with Crippen molar-refractivity contribution in [1.82, 2.24) is 0 Å². The minimum absolute atomic E-state index is 0.458. The van der Waals surface area contributed by atoms with Crippen molar-refractivity contribution in [2.75, 3.05) is 18.3 Å². The second-order valence-corrected chi connectivity index (χ2v) is 5.41. The largest absolute Gasteiger partial charge is 0.328 e. The van der Waals surface area contributed by atoms with Gasteiger partial charge in [0.1, 0.15) is 5.75 Å². The van der Waals surface area contributed by atoms with Crippen LogP contribution in [0.4, 0.5) is 0 Å². The molecule has 0 unspecified atom stereocenters. The highest BCUT2D eigenvalue weighted by atomic mass is 32.2. The summed E-state index contributed by atoms with van der Waals surface area (Å²) in [7, 11) is 0.580. The summed E-state index contributed by atoms with van der Waals surface area (Å²) in [6.07, 6.45) is 8.18. The van der Waals surface area contributed by atoms with Crippen LogP contribution < -0.4 is 5.73 Å². The Morgan fingerprint density at radius 1 is 1.30 bits per heavy atom. The maximum absolute atomic E-state index is 5.84. The van der Waals surface area contributed by atoms with Crippen LogP contribution >= 0.6 is 0 Å². The predicted molar refractivity (Wildman–Crippen MR) is 51.6 cm³/mol. The van der Waals surface area contributed by atoms with E-state index in [0.29, 0.717) is 16.9 Å². The van der Waals surface area contributed by atoms with E-state index in [0.717, 1.165) is 0 Å². The molecular formula is C8H20NS+. The fourth-order valence-electron chi connectivity index (χ4n) is 0.902. The Hall–Kier alpha value is 0.310. The SMILES string of the molecule is CCC[C@@H](N)CC[S+](C)C. The van der Waals surface area contributed by atoms with Crippen molar-refractivity contribution >= 4 is 10.9 Å². The first-order valence-corrected chi connectivity index (χ1v) is 6.17. The lowest BCUT2D eigenvalue weighted by Crippen LogP contribution is -2.22. The Morgan fingerprint density at radius 3 is 2.30 bits per heavy atom. The van der Waals surface area contributed by atoms with Gasteiger partial charge in [-0.3, -0.25) is 0 Å². The van der Waals surface area contributed by atoms with Crippen molar-refractivity contribution in [3.05, 3.63) is 0 Å². The zero-order chi connectivity index (χ0) is 7.98. The lowest BCUT2D eigenvalue weighted by molar-refractivity contribution is 0.590. The molecule has 0 spiro atoms. The van der Waals surface area contributed by atoms with Crippen LogP contribution in [0.15, 0.2) is 0 Å². The number of hydrogen-bond donors (Lipinski definition) is 1. The summed E-state index contributed by atoms with van der Waals surface area (Å²) < 4.78 is 0. The number of hydrogen-bond acceptors (Lipinski definition) is 1. The van der Waals surface area contributed by atoms with E-state index in [-0.39, 0.29) is 0 Å². The van der Waals surface area contributed by atoms with Gasteiger partial charge in [-0.05, 0) is 17.3 Å². The summed E-state index contributed by atoms with van der Waals surface area (Å²) in [5, 5.41) is 0. The molecule has 0 aliphatic carbocycles. The van der Waals surface area contributed by atoms with E-state index >= 15 is 0 Å². The maximum Gasteiger partial charge on any atom is 0.109 e. The van der Waals surface area contributed by atoms with Crippen molar-refractivity contribution in [1.29, 1.82) is 0 Å². The predicted octanol–water partition coefficient (Wildman–Crippen LogP) is 1.38. The average Bonchev–Trinajstić information content (AvgIpc) is 1.85. The second kappa shape index (κ2) is 6.05. The third-order valence-electron chi connectivity index (χ3n) is 1.56. The Bertz CT molecular complexity index is 73.7. The second-order valence-electron chi connectivity index (χ2n) is 3.03. The minimum atomic E-state index is 0.458. The Labute approximate surface area is 67.7 Å². The van der Waals surface area contributed by atoms with Gasteiger partial charge < -0.3 is 5.73 Å². The quantitative estimate of drug-likeness (QED) is 0.607. The molecule has 2 heteroatoms. The first-order valence-electron chi connectivity index (χ1n) is 3.96. The van der Waals surface area contributed by atoms with Gasteiger partial charge in [0.2, 0.25) is 0 Å². The summed E-state index contributed by atoms with van der Waals surface area (Å²) in [6, 6.07) is 0.458. The molecular weight excluding hydrogens is 142 g/mol. The lowest BCUT2D eigenvalue weighted by atomic mass is 10.1. The molecule has 0 bridgehead atoms. The normalized spacial score (nSPS) is 14.1. The van der Waals surface area contributed by atoms with Crippen molar-refractivity contribution in [2.24, 2.45) is 5.73 Å².